The summed E-state index contributed by atoms with van der Waals surface area (Å²) in [6.45, 7) is 1.63. The van der Waals surface area contributed by atoms with Crippen LogP contribution in [0.15, 0.2) is 24.5 Å². The van der Waals surface area contributed by atoms with Crippen molar-refractivity contribution in [2.45, 2.75) is 19.4 Å². The zero-order valence-corrected chi connectivity index (χ0v) is 11.6. The van der Waals surface area contributed by atoms with E-state index in [4.69, 9.17) is 5.11 Å². The van der Waals surface area contributed by atoms with Gasteiger partial charge in [-0.05, 0) is 24.6 Å². The van der Waals surface area contributed by atoms with Gasteiger partial charge in [0, 0.05) is 32.0 Å². The van der Waals surface area contributed by atoms with Gasteiger partial charge in [0.05, 0.1) is 6.42 Å². The molecular weight excluding hydrogens is 270 g/mol. The van der Waals surface area contributed by atoms with Crippen molar-refractivity contribution in [1.29, 1.82) is 0 Å². The molecule has 8 heteroatoms. The minimum atomic E-state index is -3.70. The molecule has 0 aliphatic heterocycles. The molecule has 0 bridgehead atoms. The second-order valence-electron chi connectivity index (χ2n) is 4.09. The third kappa shape index (κ3) is 4.93. The Hall–Kier alpha value is -1.51. The Morgan fingerprint density at radius 3 is 2.58 bits per heavy atom. The molecule has 1 heterocycles. The van der Waals surface area contributed by atoms with Crippen molar-refractivity contribution in [3.8, 4) is 0 Å². The normalized spacial score (nSPS) is 13.4. The fourth-order valence-electron chi connectivity index (χ4n) is 1.41. The van der Waals surface area contributed by atoms with Crippen molar-refractivity contribution < 1.29 is 18.3 Å². The lowest BCUT2D eigenvalue weighted by molar-refractivity contribution is -0.137. The summed E-state index contributed by atoms with van der Waals surface area (Å²) in [6, 6.07) is 3.01. The van der Waals surface area contributed by atoms with Crippen molar-refractivity contribution in [2.75, 3.05) is 13.6 Å². The lowest BCUT2D eigenvalue weighted by atomic mass is 10.1. The maximum Gasteiger partial charge on any atom is 0.304 e. The molecule has 0 fully saturated rings. The quantitative estimate of drug-likeness (QED) is 0.755. The van der Waals surface area contributed by atoms with Gasteiger partial charge in [-0.15, -0.1) is 0 Å². The molecule has 0 amide bonds. The molecule has 0 aromatic carbocycles. The molecule has 1 atom stereocenters. The average molecular weight is 287 g/mol. The Morgan fingerprint density at radius 2 is 2.05 bits per heavy atom. The predicted octanol–water partition coefficient (Wildman–Crippen LogP) is 0.384. The van der Waals surface area contributed by atoms with Crippen LogP contribution in [0.1, 0.15) is 24.9 Å². The van der Waals surface area contributed by atoms with Crippen LogP contribution in [0.4, 0.5) is 0 Å². The van der Waals surface area contributed by atoms with Crippen LogP contribution in [0, 0.1) is 0 Å². The minimum absolute atomic E-state index is 0.0757. The van der Waals surface area contributed by atoms with Crippen LogP contribution in [0.3, 0.4) is 0 Å². The summed E-state index contributed by atoms with van der Waals surface area (Å²) in [5.41, 5.74) is 0.783. The van der Waals surface area contributed by atoms with E-state index in [1.54, 1.807) is 31.5 Å². The molecule has 0 radical (unpaired) electrons. The average Bonchev–Trinajstić information content (AvgIpc) is 2.36. The van der Waals surface area contributed by atoms with Gasteiger partial charge in [0.2, 0.25) is 0 Å². The lowest BCUT2D eigenvalue weighted by Crippen LogP contribution is -2.40. The molecule has 0 aliphatic rings. The predicted molar refractivity (Wildman–Crippen MR) is 69.6 cm³/mol. The SMILES string of the molecule is C[C@@H](NS(=O)(=O)N(C)CCC(=O)O)c1ccncc1. The number of nitrogens with one attached hydrogen (secondary N) is 1. The van der Waals surface area contributed by atoms with Gasteiger partial charge in [-0.1, -0.05) is 0 Å². The van der Waals surface area contributed by atoms with Crippen LogP contribution in [-0.4, -0.2) is 42.4 Å². The molecule has 1 rings (SSSR count). The molecule has 19 heavy (non-hydrogen) atoms. The smallest absolute Gasteiger partial charge is 0.304 e. The summed E-state index contributed by atoms with van der Waals surface area (Å²) in [5.74, 6) is -1.04. The maximum absolute atomic E-state index is 11.9. The van der Waals surface area contributed by atoms with Crippen LogP contribution < -0.4 is 4.72 Å². The largest absolute Gasteiger partial charge is 0.481 e. The minimum Gasteiger partial charge on any atom is -0.481 e. The summed E-state index contributed by atoms with van der Waals surface area (Å²) in [6.07, 6.45) is 2.92. The maximum atomic E-state index is 11.9. The van der Waals surface area contributed by atoms with Crippen LogP contribution >= 0.6 is 0 Å². The molecule has 0 saturated carbocycles. The highest BCUT2D eigenvalue weighted by Crippen LogP contribution is 2.12. The van der Waals surface area contributed by atoms with Crippen LogP contribution in [0.25, 0.3) is 0 Å². The monoisotopic (exact) mass is 287 g/mol. The fraction of sp³-hybridized carbons (Fsp3) is 0.455. The van der Waals surface area contributed by atoms with Crippen LogP contribution in [-0.2, 0) is 15.0 Å². The molecule has 1 aromatic rings. The first-order chi connectivity index (χ1) is 8.83. The van der Waals surface area contributed by atoms with E-state index in [1.807, 2.05) is 0 Å². The first-order valence-electron chi connectivity index (χ1n) is 5.68. The Morgan fingerprint density at radius 1 is 1.47 bits per heavy atom. The molecule has 0 saturated heterocycles. The fourth-order valence-corrected chi connectivity index (χ4v) is 2.50. The highest BCUT2D eigenvalue weighted by atomic mass is 32.2. The molecule has 7 nitrogen and oxygen atoms in total. The van der Waals surface area contributed by atoms with Gasteiger partial charge >= 0.3 is 5.97 Å². The van der Waals surface area contributed by atoms with Crippen LogP contribution in [0.5, 0.6) is 0 Å². The van der Waals surface area contributed by atoms with Crippen LogP contribution in [0.2, 0.25) is 0 Å². The molecule has 1 aromatic heterocycles. The second kappa shape index (κ2) is 6.60. The van der Waals surface area contributed by atoms with Gasteiger partial charge < -0.3 is 5.11 Å². The van der Waals surface area contributed by atoms with E-state index in [0.29, 0.717) is 0 Å². The Labute approximate surface area is 112 Å². The number of pyridine rings is 1. The summed E-state index contributed by atoms with van der Waals surface area (Å²) in [5, 5.41) is 8.54. The topological polar surface area (TPSA) is 99.6 Å². The van der Waals surface area contributed by atoms with E-state index in [-0.39, 0.29) is 13.0 Å². The van der Waals surface area contributed by atoms with E-state index in [2.05, 4.69) is 9.71 Å². The van der Waals surface area contributed by atoms with Crippen molar-refractivity contribution in [3.63, 3.8) is 0 Å². The standard InChI is InChI=1S/C11H17N3O4S/c1-9(10-3-6-12-7-4-10)13-19(17,18)14(2)8-5-11(15)16/h3-4,6-7,9,13H,5,8H2,1-2H3,(H,15,16)/t9-/m1/s1. The van der Waals surface area contributed by atoms with Crippen molar-refractivity contribution >= 4 is 16.2 Å². The summed E-state index contributed by atoms with van der Waals surface area (Å²) >= 11 is 0. The summed E-state index contributed by atoms with van der Waals surface area (Å²) in [7, 11) is -2.37. The zero-order chi connectivity index (χ0) is 14.5. The number of rotatable bonds is 7. The number of nitrogens with zero attached hydrogens (tertiary/aromatic N) is 2. The van der Waals surface area contributed by atoms with E-state index in [0.717, 1.165) is 9.87 Å². The molecule has 2 N–H and O–H groups in total. The van der Waals surface area contributed by atoms with Gasteiger partial charge in [-0.2, -0.15) is 17.4 Å². The first-order valence-corrected chi connectivity index (χ1v) is 7.12. The van der Waals surface area contributed by atoms with E-state index in [9.17, 15) is 13.2 Å². The number of hydrogen-bond donors (Lipinski definition) is 2. The number of aromatic nitrogens is 1. The highest BCUT2D eigenvalue weighted by Gasteiger charge is 2.21. The first kappa shape index (κ1) is 15.5. The number of aliphatic carboxylic acids is 1. The van der Waals surface area contributed by atoms with Gasteiger partial charge in [-0.3, -0.25) is 9.78 Å². The number of carboxylic acids is 1. The summed E-state index contributed by atoms with van der Waals surface area (Å²) < 4.78 is 27.3. The van der Waals surface area contributed by atoms with Gasteiger partial charge in [0.15, 0.2) is 0 Å². The van der Waals surface area contributed by atoms with Gasteiger partial charge in [0.1, 0.15) is 0 Å². The molecule has 0 unspecified atom stereocenters. The van der Waals surface area contributed by atoms with Crippen molar-refractivity contribution in [1.82, 2.24) is 14.0 Å². The van der Waals surface area contributed by atoms with Crippen molar-refractivity contribution in [3.05, 3.63) is 30.1 Å². The second-order valence-corrected chi connectivity index (χ2v) is 5.90. The third-order valence-electron chi connectivity index (χ3n) is 2.58. The van der Waals surface area contributed by atoms with E-state index < -0.39 is 22.2 Å². The Bertz CT molecular complexity index is 518. The number of hydrogen-bond acceptors (Lipinski definition) is 4. The summed E-state index contributed by atoms with van der Waals surface area (Å²) in [4.78, 5) is 14.3. The Balaban J connectivity index is 2.66. The molecule has 0 aliphatic carbocycles. The van der Waals surface area contributed by atoms with Gasteiger partial charge in [0.25, 0.3) is 10.2 Å². The lowest BCUT2D eigenvalue weighted by Gasteiger charge is -2.20. The van der Waals surface area contributed by atoms with E-state index in [1.165, 1.54) is 7.05 Å². The Kier molecular flexibility index (Phi) is 5.40. The number of carbonyl (C=O) groups is 1. The third-order valence-corrected chi connectivity index (χ3v) is 4.24. The van der Waals surface area contributed by atoms with E-state index >= 15 is 0 Å². The highest BCUT2D eigenvalue weighted by molar-refractivity contribution is 7.87. The molecule has 106 valence electrons. The van der Waals surface area contributed by atoms with Crippen molar-refractivity contribution in [2.24, 2.45) is 0 Å². The number of carboxylic acid groups (broad SMARTS) is 1. The molecular formula is C11H17N3O4S. The molecule has 0 spiro atoms. The zero-order valence-electron chi connectivity index (χ0n) is 10.8. The van der Waals surface area contributed by atoms with Gasteiger partial charge in [-0.25, -0.2) is 0 Å².